The number of hydrogen-bond donors (Lipinski definition) is 0. The van der Waals surface area contributed by atoms with E-state index >= 15 is 0 Å². The number of carbonyl (C=O) groups excluding carboxylic acids is 1. The Hall–Kier alpha value is -0.630. The molecule has 1 heterocycles. The predicted octanol–water partition coefficient (Wildman–Crippen LogP) is 1.08. The average Bonchev–Trinajstić information content (AvgIpc) is 1.91. The normalized spacial score (nSPS) is 18.1. The summed E-state index contributed by atoms with van der Waals surface area (Å²) in [7, 11) is 1.93. The van der Waals surface area contributed by atoms with Crippen LogP contribution >= 0.6 is 0 Å². The molecular weight excluding hydrogens is 126 g/mol. The first-order valence-corrected chi connectivity index (χ1v) is 3.67. The van der Waals surface area contributed by atoms with E-state index in [1.165, 1.54) is 0 Å². The third-order valence-electron chi connectivity index (χ3n) is 1.15. The molecule has 10 heavy (non-hydrogen) atoms. The maximum Gasteiger partial charge on any atom is 0.169 e. The molecular formula is C8H15NO. The summed E-state index contributed by atoms with van der Waals surface area (Å²) in [6.07, 6.45) is 3.52. The van der Waals surface area contributed by atoms with Gasteiger partial charge in [-0.2, -0.15) is 0 Å². The molecule has 0 saturated heterocycles. The molecule has 0 atom stereocenters. The number of hydrogen-bond acceptors (Lipinski definition) is 2. The first kappa shape index (κ1) is 9.37. The summed E-state index contributed by atoms with van der Waals surface area (Å²) in [5.74, 6) is 0.207. The van der Waals surface area contributed by atoms with Crippen LogP contribution in [-0.2, 0) is 4.79 Å². The highest BCUT2D eigenvalue weighted by atomic mass is 16.1. The van der Waals surface area contributed by atoms with Gasteiger partial charge in [0.1, 0.15) is 0 Å². The average molecular weight is 141 g/mol. The standard InChI is InChI=1S/C6H9NO.C2H6/c1-7-4-2-3-6(8)5-7;1-2/h2-3H,4-5H2,1H3;1-2H3. The van der Waals surface area contributed by atoms with Crippen LogP contribution in [0.5, 0.6) is 0 Å². The lowest BCUT2D eigenvalue weighted by Gasteiger charge is -2.14. The van der Waals surface area contributed by atoms with Gasteiger partial charge in [0.15, 0.2) is 5.78 Å². The minimum atomic E-state index is 0.207. The SMILES string of the molecule is CC.CN1CC=CC(=O)C1. The lowest BCUT2D eigenvalue weighted by Crippen LogP contribution is -2.28. The minimum Gasteiger partial charge on any atom is -0.295 e. The minimum absolute atomic E-state index is 0.207. The molecule has 1 aliphatic rings. The first-order chi connectivity index (χ1) is 4.79. The van der Waals surface area contributed by atoms with Crippen molar-refractivity contribution in [2.45, 2.75) is 13.8 Å². The smallest absolute Gasteiger partial charge is 0.169 e. The van der Waals surface area contributed by atoms with Crippen LogP contribution in [0.3, 0.4) is 0 Å². The number of likely N-dealkylation sites (N-methyl/N-ethyl adjacent to an activating group) is 1. The maximum atomic E-state index is 10.5. The second kappa shape index (κ2) is 5.18. The van der Waals surface area contributed by atoms with Gasteiger partial charge in [0, 0.05) is 6.54 Å². The largest absolute Gasteiger partial charge is 0.295 e. The van der Waals surface area contributed by atoms with Crippen molar-refractivity contribution in [3.05, 3.63) is 12.2 Å². The van der Waals surface area contributed by atoms with Crippen molar-refractivity contribution in [3.63, 3.8) is 0 Å². The van der Waals surface area contributed by atoms with E-state index in [0.29, 0.717) is 6.54 Å². The van der Waals surface area contributed by atoms with Crippen LogP contribution in [0.25, 0.3) is 0 Å². The molecule has 0 bridgehead atoms. The highest BCUT2D eigenvalue weighted by molar-refractivity contribution is 5.92. The second-order valence-corrected chi connectivity index (χ2v) is 2.07. The quantitative estimate of drug-likeness (QED) is 0.503. The topological polar surface area (TPSA) is 20.3 Å². The van der Waals surface area contributed by atoms with Crippen LogP contribution in [0.15, 0.2) is 12.2 Å². The van der Waals surface area contributed by atoms with E-state index in [9.17, 15) is 4.79 Å². The summed E-state index contributed by atoms with van der Waals surface area (Å²) >= 11 is 0. The van der Waals surface area contributed by atoms with Gasteiger partial charge in [0.05, 0.1) is 6.54 Å². The maximum absolute atomic E-state index is 10.5. The Morgan fingerprint density at radius 2 is 2.10 bits per heavy atom. The highest BCUT2D eigenvalue weighted by Crippen LogP contribution is 1.92. The van der Waals surface area contributed by atoms with Crippen LogP contribution in [0, 0.1) is 0 Å². The van der Waals surface area contributed by atoms with Gasteiger partial charge < -0.3 is 0 Å². The molecule has 1 rings (SSSR count). The van der Waals surface area contributed by atoms with Gasteiger partial charge in [0.2, 0.25) is 0 Å². The fourth-order valence-corrected chi connectivity index (χ4v) is 0.747. The molecule has 2 heteroatoms. The Kier molecular flexibility index (Phi) is 4.85. The molecule has 2 nitrogen and oxygen atoms in total. The molecule has 0 radical (unpaired) electrons. The van der Waals surface area contributed by atoms with Gasteiger partial charge in [-0.3, -0.25) is 9.69 Å². The van der Waals surface area contributed by atoms with E-state index in [-0.39, 0.29) is 5.78 Å². The van der Waals surface area contributed by atoms with Crippen molar-refractivity contribution in [3.8, 4) is 0 Å². The van der Waals surface area contributed by atoms with Crippen LogP contribution in [-0.4, -0.2) is 30.8 Å². The molecule has 0 aromatic heterocycles. The van der Waals surface area contributed by atoms with Crippen molar-refractivity contribution < 1.29 is 4.79 Å². The Morgan fingerprint density at radius 1 is 1.50 bits per heavy atom. The highest BCUT2D eigenvalue weighted by Gasteiger charge is 2.05. The van der Waals surface area contributed by atoms with E-state index in [1.54, 1.807) is 6.08 Å². The van der Waals surface area contributed by atoms with Crippen molar-refractivity contribution in [1.82, 2.24) is 4.90 Å². The van der Waals surface area contributed by atoms with Crippen LogP contribution in [0.1, 0.15) is 13.8 Å². The molecule has 0 unspecified atom stereocenters. The van der Waals surface area contributed by atoms with E-state index < -0.39 is 0 Å². The van der Waals surface area contributed by atoms with E-state index in [4.69, 9.17) is 0 Å². The molecule has 0 aromatic carbocycles. The summed E-state index contributed by atoms with van der Waals surface area (Å²) < 4.78 is 0. The molecule has 0 aliphatic carbocycles. The summed E-state index contributed by atoms with van der Waals surface area (Å²) in [5.41, 5.74) is 0. The molecule has 0 saturated carbocycles. The zero-order valence-corrected chi connectivity index (χ0v) is 6.92. The molecule has 0 N–H and O–H groups in total. The summed E-state index contributed by atoms with van der Waals surface area (Å²) in [6, 6.07) is 0. The van der Waals surface area contributed by atoms with Crippen molar-refractivity contribution in [1.29, 1.82) is 0 Å². The molecule has 58 valence electrons. The van der Waals surface area contributed by atoms with Crippen LogP contribution in [0.4, 0.5) is 0 Å². The van der Waals surface area contributed by atoms with Gasteiger partial charge in [-0.05, 0) is 13.1 Å². The molecule has 1 aliphatic heterocycles. The number of ketones is 1. The third-order valence-corrected chi connectivity index (χ3v) is 1.15. The van der Waals surface area contributed by atoms with E-state index in [2.05, 4.69) is 0 Å². The van der Waals surface area contributed by atoms with Crippen molar-refractivity contribution in [2.75, 3.05) is 20.1 Å². The zero-order chi connectivity index (χ0) is 7.98. The van der Waals surface area contributed by atoms with Crippen LogP contribution < -0.4 is 0 Å². The van der Waals surface area contributed by atoms with E-state index in [0.717, 1.165) is 6.54 Å². The van der Waals surface area contributed by atoms with Gasteiger partial charge in [-0.15, -0.1) is 0 Å². The van der Waals surface area contributed by atoms with Crippen molar-refractivity contribution >= 4 is 5.78 Å². The predicted molar refractivity (Wildman–Crippen MR) is 43.0 cm³/mol. The molecule has 0 fully saturated rings. The fourth-order valence-electron chi connectivity index (χ4n) is 0.747. The number of carbonyl (C=O) groups is 1. The first-order valence-electron chi connectivity index (χ1n) is 3.67. The Labute approximate surface area is 62.5 Å². The zero-order valence-electron chi connectivity index (χ0n) is 6.92. The lowest BCUT2D eigenvalue weighted by atomic mass is 10.2. The molecule has 0 spiro atoms. The van der Waals surface area contributed by atoms with Crippen LogP contribution in [0.2, 0.25) is 0 Å². The van der Waals surface area contributed by atoms with Gasteiger partial charge in [0.25, 0.3) is 0 Å². The summed E-state index contributed by atoms with van der Waals surface area (Å²) in [4.78, 5) is 12.5. The molecule has 0 aromatic rings. The van der Waals surface area contributed by atoms with Crippen molar-refractivity contribution in [2.24, 2.45) is 0 Å². The second-order valence-electron chi connectivity index (χ2n) is 2.07. The lowest BCUT2D eigenvalue weighted by molar-refractivity contribution is -0.115. The fraction of sp³-hybridized carbons (Fsp3) is 0.625. The Balaban J connectivity index is 0.000000371. The number of rotatable bonds is 0. The Bertz CT molecular complexity index is 129. The van der Waals surface area contributed by atoms with Gasteiger partial charge >= 0.3 is 0 Å². The van der Waals surface area contributed by atoms with E-state index in [1.807, 2.05) is 31.9 Å². The van der Waals surface area contributed by atoms with Gasteiger partial charge in [-0.1, -0.05) is 19.9 Å². The Morgan fingerprint density at radius 3 is 2.40 bits per heavy atom. The summed E-state index contributed by atoms with van der Waals surface area (Å²) in [6.45, 7) is 5.49. The van der Waals surface area contributed by atoms with Gasteiger partial charge in [-0.25, -0.2) is 0 Å². The summed E-state index contributed by atoms with van der Waals surface area (Å²) in [5, 5.41) is 0. The monoisotopic (exact) mass is 141 g/mol. The third kappa shape index (κ3) is 3.41. The molecule has 0 amide bonds. The number of nitrogens with zero attached hydrogens (tertiary/aromatic N) is 1.